The Morgan fingerprint density at radius 2 is 2.23 bits per heavy atom. The molecule has 0 aliphatic carbocycles. The van der Waals surface area contributed by atoms with Gasteiger partial charge in [-0.2, -0.15) is 0 Å². The molecule has 0 saturated carbocycles. The summed E-state index contributed by atoms with van der Waals surface area (Å²) in [6, 6.07) is 0. The van der Waals surface area contributed by atoms with Gasteiger partial charge in [0.2, 0.25) is 0 Å². The Kier molecular flexibility index (Phi) is 12.2. The minimum absolute atomic E-state index is 0. The number of nitrogens with one attached hydrogen (secondary N) is 1. The molecule has 71 valence electrons. The van der Waals surface area contributed by atoms with E-state index in [0.717, 1.165) is 0 Å². The summed E-state index contributed by atoms with van der Waals surface area (Å²) in [5.41, 5.74) is 10.5. The predicted octanol–water partition coefficient (Wildman–Crippen LogP) is -1.83. The third kappa shape index (κ3) is 12.1. The predicted molar refractivity (Wildman–Crippen MR) is 51.9 cm³/mol. The monoisotopic (exact) mass is 196 g/mol. The van der Waals surface area contributed by atoms with Crippen molar-refractivity contribution >= 4 is 35.5 Å². The van der Waals surface area contributed by atoms with Gasteiger partial charge >= 0.3 is 5.97 Å². The number of carbonyl (C=O) groups excluding carboxylic acids is 1. The zero-order valence-corrected chi connectivity index (χ0v) is 9.95. The Hall–Kier alpha value is 0.0900. The molecule has 0 spiro atoms. The molecule has 0 aromatic heterocycles. The van der Waals surface area contributed by atoms with Crippen LogP contribution in [0.15, 0.2) is 12.7 Å². The zero-order chi connectivity index (χ0) is 9.40. The summed E-state index contributed by atoms with van der Waals surface area (Å²) in [7, 11) is 0. The average molecular weight is 196 g/mol. The molecule has 0 aliphatic rings. The van der Waals surface area contributed by atoms with Crippen LogP contribution in [0, 0.1) is 0 Å². The van der Waals surface area contributed by atoms with Gasteiger partial charge in [0.25, 0.3) is 0 Å². The molecule has 0 rings (SSSR count). The van der Waals surface area contributed by atoms with Gasteiger partial charge in [-0.1, -0.05) is 12.7 Å². The molecule has 0 saturated heterocycles. The largest absolute Gasteiger partial charge is 0.461 e. The number of hydrogen-bond donors (Lipinski definition) is 3. The minimum Gasteiger partial charge on any atom is -0.461 e. The second kappa shape index (κ2) is 10.2. The van der Waals surface area contributed by atoms with Gasteiger partial charge in [-0.15, -0.1) is 0 Å². The Labute approximate surface area is 100 Å². The van der Waals surface area contributed by atoms with Crippen LogP contribution in [0.4, 0.5) is 0 Å². The molecule has 5 nitrogen and oxygen atoms in total. The molecule has 13 heavy (non-hydrogen) atoms. The maximum Gasteiger partial charge on any atom is 0.320 e. The zero-order valence-electron chi connectivity index (χ0n) is 7.95. The fourth-order valence-corrected chi connectivity index (χ4v) is 0.544. The molecule has 1 radical (unpaired) electrons. The van der Waals surface area contributed by atoms with Crippen LogP contribution < -0.4 is 16.8 Å². The molecule has 0 heterocycles. The fraction of sp³-hybridized carbons (Fsp3) is 0.571. The summed E-state index contributed by atoms with van der Waals surface area (Å²) in [6.45, 7) is 4.15. The van der Waals surface area contributed by atoms with Crippen molar-refractivity contribution in [3.63, 3.8) is 0 Å². The van der Waals surface area contributed by atoms with E-state index >= 15 is 0 Å². The molecule has 6 heteroatoms. The molecule has 0 fully saturated rings. The summed E-state index contributed by atoms with van der Waals surface area (Å²) in [4.78, 5) is 10.8. The second-order valence-corrected chi connectivity index (χ2v) is 2.27. The van der Waals surface area contributed by atoms with Gasteiger partial charge in [0, 0.05) is 36.1 Å². The SMILES string of the molecule is C=CCOC(=O)CNCC(N)N.[Na]. The summed E-state index contributed by atoms with van der Waals surface area (Å²) < 4.78 is 4.67. The molecule has 0 aliphatic heterocycles. The Bertz CT molecular complexity index is 153. The number of carbonyl (C=O) groups is 1. The van der Waals surface area contributed by atoms with Crippen molar-refractivity contribution in [3.05, 3.63) is 12.7 Å². The van der Waals surface area contributed by atoms with Crippen molar-refractivity contribution in [1.29, 1.82) is 0 Å². The Morgan fingerprint density at radius 1 is 1.62 bits per heavy atom. The van der Waals surface area contributed by atoms with Crippen molar-refractivity contribution in [2.24, 2.45) is 11.5 Å². The van der Waals surface area contributed by atoms with E-state index in [9.17, 15) is 4.79 Å². The third-order valence-electron chi connectivity index (χ3n) is 1.01. The number of esters is 1. The first-order chi connectivity index (χ1) is 5.66. The number of nitrogens with two attached hydrogens (primary N) is 2. The van der Waals surface area contributed by atoms with E-state index < -0.39 is 6.17 Å². The Balaban J connectivity index is 0. The van der Waals surface area contributed by atoms with Crippen LogP contribution in [-0.2, 0) is 9.53 Å². The first-order valence-corrected chi connectivity index (χ1v) is 3.65. The molecule has 0 amide bonds. The van der Waals surface area contributed by atoms with Crippen molar-refractivity contribution < 1.29 is 9.53 Å². The van der Waals surface area contributed by atoms with Gasteiger partial charge in [0.1, 0.15) is 6.61 Å². The quantitative estimate of drug-likeness (QED) is 0.201. The van der Waals surface area contributed by atoms with E-state index in [4.69, 9.17) is 11.5 Å². The van der Waals surface area contributed by atoms with E-state index in [2.05, 4.69) is 16.6 Å². The van der Waals surface area contributed by atoms with Crippen LogP contribution in [0.2, 0.25) is 0 Å². The summed E-state index contributed by atoms with van der Waals surface area (Å²) in [6.07, 6.45) is 1.06. The normalized spacial score (nSPS) is 9.15. The van der Waals surface area contributed by atoms with Crippen LogP contribution in [0.3, 0.4) is 0 Å². The molecule has 0 atom stereocenters. The van der Waals surface area contributed by atoms with Crippen molar-refractivity contribution in [2.45, 2.75) is 6.17 Å². The third-order valence-corrected chi connectivity index (χ3v) is 1.01. The molecule has 0 bridgehead atoms. The molecular weight excluding hydrogens is 181 g/mol. The van der Waals surface area contributed by atoms with Gasteiger partial charge in [-0.3, -0.25) is 4.79 Å². The van der Waals surface area contributed by atoms with E-state index in [1.54, 1.807) is 0 Å². The maximum absolute atomic E-state index is 10.8. The molecular formula is C7H15N3NaO2. The van der Waals surface area contributed by atoms with Gasteiger partial charge in [-0.25, -0.2) is 0 Å². The maximum atomic E-state index is 10.8. The van der Waals surface area contributed by atoms with E-state index in [-0.39, 0.29) is 48.7 Å². The molecule has 0 aromatic rings. The van der Waals surface area contributed by atoms with Crippen LogP contribution in [0.1, 0.15) is 0 Å². The van der Waals surface area contributed by atoms with Crippen LogP contribution in [0.25, 0.3) is 0 Å². The van der Waals surface area contributed by atoms with E-state index in [1.165, 1.54) is 6.08 Å². The number of ether oxygens (including phenoxy) is 1. The molecule has 0 unspecified atom stereocenters. The second-order valence-electron chi connectivity index (χ2n) is 2.27. The molecule has 5 N–H and O–H groups in total. The summed E-state index contributed by atoms with van der Waals surface area (Å²) in [5.74, 6) is -0.337. The van der Waals surface area contributed by atoms with Crippen molar-refractivity contribution in [1.82, 2.24) is 5.32 Å². The topological polar surface area (TPSA) is 90.4 Å². The average Bonchev–Trinajstić information content (AvgIpc) is 2.00. The fourth-order valence-electron chi connectivity index (χ4n) is 0.544. The van der Waals surface area contributed by atoms with Gasteiger partial charge in [0.05, 0.1) is 12.7 Å². The molecule has 0 aromatic carbocycles. The van der Waals surface area contributed by atoms with Gasteiger partial charge < -0.3 is 21.5 Å². The summed E-state index contributed by atoms with van der Waals surface area (Å²) in [5, 5.41) is 2.73. The number of hydrogen-bond acceptors (Lipinski definition) is 5. The smallest absolute Gasteiger partial charge is 0.320 e. The summed E-state index contributed by atoms with van der Waals surface area (Å²) >= 11 is 0. The first-order valence-electron chi connectivity index (χ1n) is 3.65. The first kappa shape index (κ1) is 15.6. The minimum atomic E-state index is -0.447. The number of rotatable bonds is 6. The van der Waals surface area contributed by atoms with Gasteiger partial charge in [0.15, 0.2) is 0 Å². The standard InChI is InChI=1S/C7H15N3O2.Na/c1-2-3-12-7(11)5-10-4-6(8)9;/h2,6,10H,1,3-5,8-9H2;. The van der Waals surface area contributed by atoms with Crippen LogP contribution in [-0.4, -0.2) is 61.4 Å². The van der Waals surface area contributed by atoms with Crippen molar-refractivity contribution in [3.8, 4) is 0 Å². The van der Waals surface area contributed by atoms with Crippen LogP contribution >= 0.6 is 0 Å². The Morgan fingerprint density at radius 3 is 2.69 bits per heavy atom. The van der Waals surface area contributed by atoms with E-state index in [0.29, 0.717) is 6.54 Å². The van der Waals surface area contributed by atoms with Crippen molar-refractivity contribution in [2.75, 3.05) is 19.7 Å². The van der Waals surface area contributed by atoms with Crippen LogP contribution in [0.5, 0.6) is 0 Å². The van der Waals surface area contributed by atoms with Gasteiger partial charge in [-0.05, 0) is 0 Å². The van der Waals surface area contributed by atoms with E-state index in [1.807, 2.05) is 0 Å².